The summed E-state index contributed by atoms with van der Waals surface area (Å²) in [7, 11) is 0. The van der Waals surface area contributed by atoms with Gasteiger partial charge in [0.05, 0.1) is 0 Å². The van der Waals surface area contributed by atoms with Crippen LogP contribution in [0.15, 0.2) is 0 Å². The monoisotopic (exact) mass is 205 g/mol. The predicted octanol–water partition coefficient (Wildman–Crippen LogP) is 1.71. The molecule has 1 atom stereocenters. The quantitative estimate of drug-likeness (QED) is 0.527. The molecule has 1 aliphatic heterocycles. The molecule has 1 fully saturated rings. The summed E-state index contributed by atoms with van der Waals surface area (Å²) >= 11 is 5.60. The van der Waals surface area contributed by atoms with Crippen molar-refractivity contribution in [2.24, 2.45) is 5.92 Å². The Hall–Kier alpha value is 0.210. The molecule has 2 nitrogen and oxygen atoms in total. The number of hydrogen-bond acceptors (Lipinski definition) is 2. The second-order valence-corrected chi connectivity index (χ2v) is 4.27. The number of nitrogens with zero attached hydrogens (tertiary/aromatic N) is 1. The first kappa shape index (κ1) is 11.3. The highest BCUT2D eigenvalue weighted by Gasteiger charge is 2.20. The third-order valence-corrected chi connectivity index (χ3v) is 3.00. The van der Waals surface area contributed by atoms with Crippen molar-refractivity contribution in [2.45, 2.75) is 25.7 Å². The van der Waals surface area contributed by atoms with E-state index in [9.17, 15) is 0 Å². The van der Waals surface area contributed by atoms with Crippen LogP contribution >= 0.6 is 11.6 Å². The maximum atomic E-state index is 8.95. The summed E-state index contributed by atoms with van der Waals surface area (Å²) < 4.78 is 0. The fraction of sp³-hybridized carbons (Fsp3) is 1.00. The van der Waals surface area contributed by atoms with Crippen LogP contribution in [-0.2, 0) is 0 Å². The average Bonchev–Trinajstić information content (AvgIpc) is 2.60. The molecule has 3 heteroatoms. The third-order valence-electron chi connectivity index (χ3n) is 2.74. The Morgan fingerprint density at radius 2 is 2.15 bits per heavy atom. The minimum Gasteiger partial charge on any atom is -0.396 e. The van der Waals surface area contributed by atoms with Gasteiger partial charge >= 0.3 is 0 Å². The van der Waals surface area contributed by atoms with Gasteiger partial charge in [0, 0.05) is 19.0 Å². The lowest BCUT2D eigenvalue weighted by atomic mass is 10.1. The number of alkyl halides is 1. The Kier molecular flexibility index (Phi) is 5.76. The number of aliphatic hydroxyl groups is 1. The van der Waals surface area contributed by atoms with Crippen molar-refractivity contribution in [2.75, 3.05) is 32.1 Å². The lowest BCUT2D eigenvalue weighted by Gasteiger charge is -2.14. The van der Waals surface area contributed by atoms with Gasteiger partial charge in [0.25, 0.3) is 0 Å². The second-order valence-electron chi connectivity index (χ2n) is 3.89. The molecule has 0 radical (unpaired) electrons. The maximum Gasteiger partial charge on any atom is 0.0471 e. The van der Waals surface area contributed by atoms with Crippen molar-refractivity contribution < 1.29 is 5.11 Å². The molecule has 1 aliphatic rings. The van der Waals surface area contributed by atoms with Crippen LogP contribution in [0.2, 0.25) is 0 Å². The first-order valence-corrected chi connectivity index (χ1v) is 5.79. The highest BCUT2D eigenvalue weighted by atomic mass is 35.5. The van der Waals surface area contributed by atoms with E-state index in [0.717, 1.165) is 18.8 Å². The highest BCUT2D eigenvalue weighted by molar-refractivity contribution is 6.17. The van der Waals surface area contributed by atoms with Crippen molar-refractivity contribution in [3.8, 4) is 0 Å². The van der Waals surface area contributed by atoms with Crippen LogP contribution in [0.3, 0.4) is 0 Å². The lowest BCUT2D eigenvalue weighted by Crippen LogP contribution is -2.22. The zero-order valence-electron chi connectivity index (χ0n) is 8.21. The van der Waals surface area contributed by atoms with E-state index in [4.69, 9.17) is 16.7 Å². The first-order valence-electron chi connectivity index (χ1n) is 5.26. The molecule has 1 heterocycles. The molecule has 1 saturated heterocycles. The summed E-state index contributed by atoms with van der Waals surface area (Å²) in [6, 6.07) is 0. The number of likely N-dealkylation sites (tertiary alicyclic amines) is 1. The zero-order valence-corrected chi connectivity index (χ0v) is 8.97. The van der Waals surface area contributed by atoms with E-state index in [-0.39, 0.29) is 0 Å². The molecule has 78 valence electrons. The van der Waals surface area contributed by atoms with Gasteiger partial charge in [-0.2, -0.15) is 0 Å². The molecule has 0 amide bonds. The molecule has 1 rings (SSSR count). The van der Waals surface area contributed by atoms with Crippen LogP contribution < -0.4 is 0 Å². The minimum atomic E-state index is 0.359. The van der Waals surface area contributed by atoms with Gasteiger partial charge in [0.15, 0.2) is 0 Å². The summed E-state index contributed by atoms with van der Waals surface area (Å²) in [6.07, 6.45) is 4.81. The second kappa shape index (κ2) is 6.63. The number of rotatable bonds is 6. The van der Waals surface area contributed by atoms with Crippen LogP contribution in [0.25, 0.3) is 0 Å². The van der Waals surface area contributed by atoms with E-state index in [1.165, 1.54) is 32.4 Å². The van der Waals surface area contributed by atoms with Crippen molar-refractivity contribution in [1.82, 2.24) is 4.90 Å². The minimum absolute atomic E-state index is 0.359. The van der Waals surface area contributed by atoms with Crippen molar-refractivity contribution in [3.63, 3.8) is 0 Å². The number of hydrogen-bond donors (Lipinski definition) is 1. The average molecular weight is 206 g/mol. The normalized spacial score (nSPS) is 24.0. The van der Waals surface area contributed by atoms with Gasteiger partial charge < -0.3 is 10.0 Å². The van der Waals surface area contributed by atoms with Gasteiger partial charge in [0.1, 0.15) is 0 Å². The summed E-state index contributed by atoms with van der Waals surface area (Å²) in [6.45, 7) is 3.81. The fourth-order valence-electron chi connectivity index (χ4n) is 1.87. The predicted molar refractivity (Wildman–Crippen MR) is 56.2 cm³/mol. The Balaban J connectivity index is 1.97. The van der Waals surface area contributed by atoms with Crippen LogP contribution in [0.5, 0.6) is 0 Å². The standard InChI is InChI=1S/C10H20ClNO/c11-5-2-1-3-6-12-7-4-10(8-12)9-13/h10,13H,1-9H2. The zero-order chi connectivity index (χ0) is 9.52. The summed E-state index contributed by atoms with van der Waals surface area (Å²) in [5, 5.41) is 8.95. The van der Waals surface area contributed by atoms with Gasteiger partial charge in [-0.05, 0) is 38.3 Å². The van der Waals surface area contributed by atoms with Crippen molar-refractivity contribution >= 4 is 11.6 Å². The molecule has 13 heavy (non-hydrogen) atoms. The van der Waals surface area contributed by atoms with Gasteiger partial charge in [-0.1, -0.05) is 6.42 Å². The van der Waals surface area contributed by atoms with E-state index in [2.05, 4.69) is 4.90 Å². The van der Waals surface area contributed by atoms with Gasteiger partial charge in [0.2, 0.25) is 0 Å². The molecule has 0 aromatic carbocycles. The van der Waals surface area contributed by atoms with Crippen LogP contribution in [-0.4, -0.2) is 42.1 Å². The molecule has 0 aromatic rings. The van der Waals surface area contributed by atoms with E-state index in [1.807, 2.05) is 0 Å². The van der Waals surface area contributed by atoms with Gasteiger partial charge in [-0.3, -0.25) is 0 Å². The number of halogens is 1. The van der Waals surface area contributed by atoms with Crippen molar-refractivity contribution in [1.29, 1.82) is 0 Å². The summed E-state index contributed by atoms with van der Waals surface area (Å²) in [5.41, 5.74) is 0. The van der Waals surface area contributed by atoms with Gasteiger partial charge in [-0.15, -0.1) is 11.6 Å². The van der Waals surface area contributed by atoms with E-state index in [0.29, 0.717) is 12.5 Å². The Labute approximate surface area is 85.9 Å². The molecule has 0 bridgehead atoms. The van der Waals surface area contributed by atoms with E-state index >= 15 is 0 Å². The number of aliphatic hydroxyl groups excluding tert-OH is 1. The largest absolute Gasteiger partial charge is 0.396 e. The fourth-order valence-corrected chi connectivity index (χ4v) is 2.06. The summed E-state index contributed by atoms with van der Waals surface area (Å²) in [5.74, 6) is 1.33. The van der Waals surface area contributed by atoms with Crippen LogP contribution in [0, 0.1) is 5.92 Å². The van der Waals surface area contributed by atoms with Gasteiger partial charge in [-0.25, -0.2) is 0 Å². The maximum absolute atomic E-state index is 8.95. The van der Waals surface area contributed by atoms with Crippen molar-refractivity contribution in [3.05, 3.63) is 0 Å². The SMILES string of the molecule is OCC1CCN(CCCCCCl)C1. The molecule has 0 aromatic heterocycles. The molecule has 0 aliphatic carbocycles. The third kappa shape index (κ3) is 4.30. The van der Waals surface area contributed by atoms with Crippen LogP contribution in [0.1, 0.15) is 25.7 Å². The topological polar surface area (TPSA) is 23.5 Å². The summed E-state index contributed by atoms with van der Waals surface area (Å²) in [4.78, 5) is 2.45. The Morgan fingerprint density at radius 3 is 2.77 bits per heavy atom. The van der Waals surface area contributed by atoms with E-state index in [1.54, 1.807) is 0 Å². The molecular formula is C10H20ClNO. The molecule has 0 spiro atoms. The molecule has 1 N–H and O–H groups in total. The van der Waals surface area contributed by atoms with E-state index < -0.39 is 0 Å². The number of unbranched alkanes of at least 4 members (excludes halogenated alkanes) is 2. The smallest absolute Gasteiger partial charge is 0.0471 e. The molecule has 0 saturated carbocycles. The first-order chi connectivity index (χ1) is 6.36. The lowest BCUT2D eigenvalue weighted by molar-refractivity contribution is 0.221. The highest BCUT2D eigenvalue weighted by Crippen LogP contribution is 2.15. The molecular weight excluding hydrogens is 186 g/mol. The Morgan fingerprint density at radius 1 is 1.31 bits per heavy atom. The Bertz CT molecular complexity index is 132. The molecule has 1 unspecified atom stereocenters. The van der Waals surface area contributed by atoms with Crippen LogP contribution in [0.4, 0.5) is 0 Å².